The van der Waals surface area contributed by atoms with Crippen molar-refractivity contribution in [2.24, 2.45) is 0 Å². The number of nitrogens with zero attached hydrogens (tertiary/aromatic N) is 2. The first-order chi connectivity index (χ1) is 30.7. The summed E-state index contributed by atoms with van der Waals surface area (Å²) in [5.41, 5.74) is 14.7. The van der Waals surface area contributed by atoms with Crippen molar-refractivity contribution in [3.05, 3.63) is 218 Å². The lowest BCUT2D eigenvalue weighted by Gasteiger charge is -2.29. The van der Waals surface area contributed by atoms with Crippen molar-refractivity contribution in [3.63, 3.8) is 0 Å². The Morgan fingerprint density at radius 1 is 0.339 bits per heavy atom. The molecular weight excluding hydrogens is 757 g/mol. The van der Waals surface area contributed by atoms with Gasteiger partial charge in [-0.1, -0.05) is 133 Å². The zero-order valence-corrected chi connectivity index (χ0v) is 33.5. The van der Waals surface area contributed by atoms with E-state index in [9.17, 15) is 0 Å². The summed E-state index contributed by atoms with van der Waals surface area (Å²) in [6.07, 6.45) is 0. The molecule has 0 saturated carbocycles. The highest BCUT2D eigenvalue weighted by atomic mass is 16.3. The number of para-hydroxylation sites is 4. The number of anilines is 3. The quantitative estimate of drug-likeness (QED) is 0.168. The van der Waals surface area contributed by atoms with Crippen LogP contribution in [0.4, 0.5) is 17.1 Å². The molecule has 0 N–H and O–H groups in total. The van der Waals surface area contributed by atoms with Gasteiger partial charge in [0.2, 0.25) is 0 Å². The minimum absolute atomic E-state index is 0.870. The van der Waals surface area contributed by atoms with E-state index in [1.807, 2.05) is 12.1 Å². The van der Waals surface area contributed by atoms with Gasteiger partial charge in [0.25, 0.3) is 0 Å². The van der Waals surface area contributed by atoms with Gasteiger partial charge >= 0.3 is 0 Å². The summed E-state index contributed by atoms with van der Waals surface area (Å²) in [6.45, 7) is 0. The predicted octanol–water partition coefficient (Wildman–Crippen LogP) is 16.5. The molecule has 13 rings (SSSR count). The molecule has 62 heavy (non-hydrogen) atoms. The van der Waals surface area contributed by atoms with Crippen molar-refractivity contribution in [1.82, 2.24) is 4.57 Å². The third kappa shape index (κ3) is 5.33. The molecule has 3 heterocycles. The van der Waals surface area contributed by atoms with Crippen LogP contribution in [0.3, 0.4) is 0 Å². The fraction of sp³-hybridized carbons (Fsp3) is 0. The van der Waals surface area contributed by atoms with E-state index < -0.39 is 0 Å². The highest BCUT2D eigenvalue weighted by Crippen LogP contribution is 2.46. The number of hydrogen-bond acceptors (Lipinski definition) is 3. The zero-order chi connectivity index (χ0) is 40.7. The maximum Gasteiger partial charge on any atom is 0.136 e. The Labute approximate surface area is 356 Å². The molecule has 0 unspecified atom stereocenters. The smallest absolute Gasteiger partial charge is 0.136 e. The Bertz CT molecular complexity index is 3830. The van der Waals surface area contributed by atoms with Crippen LogP contribution < -0.4 is 4.90 Å². The fourth-order valence-corrected chi connectivity index (χ4v) is 9.74. The second-order valence-electron chi connectivity index (χ2n) is 16.1. The summed E-state index contributed by atoms with van der Waals surface area (Å²) in [5, 5.41) is 9.29. The third-order valence-corrected chi connectivity index (χ3v) is 12.6. The van der Waals surface area contributed by atoms with Crippen LogP contribution in [-0.2, 0) is 0 Å². The van der Waals surface area contributed by atoms with Crippen LogP contribution in [0, 0.1) is 0 Å². The number of aromatic nitrogens is 1. The van der Waals surface area contributed by atoms with Crippen LogP contribution in [-0.4, -0.2) is 4.57 Å². The summed E-state index contributed by atoms with van der Waals surface area (Å²) in [4.78, 5) is 2.40. The molecule has 0 aliphatic rings. The van der Waals surface area contributed by atoms with Gasteiger partial charge in [-0.05, 0) is 112 Å². The van der Waals surface area contributed by atoms with Crippen LogP contribution in [0.5, 0.6) is 0 Å². The molecule has 4 heteroatoms. The molecule has 13 aromatic rings. The van der Waals surface area contributed by atoms with Crippen molar-refractivity contribution < 1.29 is 8.83 Å². The Hall–Kier alpha value is -8.34. The Balaban J connectivity index is 1.01. The number of benzene rings is 10. The highest BCUT2D eigenvalue weighted by molar-refractivity contribution is 6.17. The molecule has 4 nitrogen and oxygen atoms in total. The van der Waals surface area contributed by atoms with E-state index in [1.54, 1.807) is 0 Å². The van der Waals surface area contributed by atoms with Gasteiger partial charge in [-0.25, -0.2) is 0 Å². The van der Waals surface area contributed by atoms with Gasteiger partial charge < -0.3 is 18.3 Å². The van der Waals surface area contributed by atoms with Crippen LogP contribution in [0.1, 0.15) is 0 Å². The van der Waals surface area contributed by atoms with E-state index in [4.69, 9.17) is 8.83 Å². The lowest BCUT2D eigenvalue weighted by atomic mass is 9.96. The second kappa shape index (κ2) is 13.6. The molecule has 0 amide bonds. The predicted molar refractivity (Wildman–Crippen MR) is 258 cm³/mol. The largest absolute Gasteiger partial charge is 0.456 e. The van der Waals surface area contributed by atoms with E-state index >= 15 is 0 Å². The first-order valence-electron chi connectivity index (χ1n) is 21.1. The van der Waals surface area contributed by atoms with Gasteiger partial charge in [0.05, 0.1) is 16.7 Å². The number of fused-ring (bicyclic) bond motifs is 10. The molecule has 0 spiro atoms. The standard InChI is InChI=1S/C58H36N2O2/c1-2-14-39-35-57-50(34-38(39)13-1)58-48(21-12-26-56(58)62-57)46-19-5-7-22-51(46)59(41-30-27-37(28-31-41)40-29-32-55-49(33-40)47-20-6-10-25-54(47)61-55)42-15-11-16-43(36-42)60-52-23-8-3-17-44(52)45-18-4-9-24-53(45)60/h1-36H. The summed E-state index contributed by atoms with van der Waals surface area (Å²) in [5.74, 6) is 0. The fourth-order valence-electron chi connectivity index (χ4n) is 9.74. The maximum absolute atomic E-state index is 6.60. The molecule has 0 bridgehead atoms. The number of rotatable bonds is 6. The van der Waals surface area contributed by atoms with Crippen molar-refractivity contribution in [2.45, 2.75) is 0 Å². The lowest BCUT2D eigenvalue weighted by Crippen LogP contribution is -2.12. The first-order valence-corrected chi connectivity index (χ1v) is 21.1. The third-order valence-electron chi connectivity index (χ3n) is 12.6. The first kappa shape index (κ1) is 34.5. The van der Waals surface area contributed by atoms with E-state index in [1.165, 1.54) is 27.2 Å². The molecule has 290 valence electrons. The Morgan fingerprint density at radius 3 is 1.77 bits per heavy atom. The SMILES string of the molecule is c1cc(N(c2ccc(-c3ccc4oc5ccccc5c4c3)cc2)c2ccccc2-c2cccc3oc4cc5ccccc5cc4c23)cc(-n2c3ccccc3c3ccccc32)c1. The monoisotopic (exact) mass is 792 g/mol. The number of furan rings is 2. The lowest BCUT2D eigenvalue weighted by molar-refractivity contribution is 0.669. The molecular formula is C58H36N2O2. The van der Waals surface area contributed by atoms with Gasteiger partial charge in [0.1, 0.15) is 22.3 Å². The van der Waals surface area contributed by atoms with E-state index in [2.05, 4.69) is 216 Å². The van der Waals surface area contributed by atoms with Gasteiger partial charge in [0.15, 0.2) is 0 Å². The number of hydrogen-bond donors (Lipinski definition) is 0. The van der Waals surface area contributed by atoms with Crippen molar-refractivity contribution in [3.8, 4) is 27.9 Å². The van der Waals surface area contributed by atoms with E-state index in [0.717, 1.165) is 94.3 Å². The second-order valence-corrected chi connectivity index (χ2v) is 16.1. The Kier molecular flexibility index (Phi) is 7.57. The van der Waals surface area contributed by atoms with Crippen molar-refractivity contribution >= 4 is 93.5 Å². The van der Waals surface area contributed by atoms with Crippen LogP contribution in [0.15, 0.2) is 227 Å². The zero-order valence-electron chi connectivity index (χ0n) is 33.5. The van der Waals surface area contributed by atoms with E-state index in [0.29, 0.717) is 0 Å². The van der Waals surface area contributed by atoms with Gasteiger partial charge in [0, 0.05) is 54.9 Å². The van der Waals surface area contributed by atoms with Crippen LogP contribution in [0.2, 0.25) is 0 Å². The summed E-state index contributed by atoms with van der Waals surface area (Å²) >= 11 is 0. The Morgan fingerprint density at radius 2 is 0.952 bits per heavy atom. The minimum atomic E-state index is 0.870. The molecule has 0 aliphatic carbocycles. The molecule has 0 saturated heterocycles. The highest BCUT2D eigenvalue weighted by Gasteiger charge is 2.22. The molecule has 0 fully saturated rings. The van der Waals surface area contributed by atoms with E-state index in [-0.39, 0.29) is 0 Å². The van der Waals surface area contributed by atoms with Gasteiger partial charge in [-0.3, -0.25) is 0 Å². The summed E-state index contributed by atoms with van der Waals surface area (Å²) < 4.78 is 15.2. The molecule has 10 aromatic carbocycles. The molecule has 0 aliphatic heterocycles. The average Bonchev–Trinajstić information content (AvgIpc) is 4.00. The summed E-state index contributed by atoms with van der Waals surface area (Å²) in [7, 11) is 0. The van der Waals surface area contributed by atoms with Gasteiger partial charge in [-0.15, -0.1) is 0 Å². The topological polar surface area (TPSA) is 34.5 Å². The molecule has 0 radical (unpaired) electrons. The summed E-state index contributed by atoms with van der Waals surface area (Å²) in [6, 6.07) is 78.2. The maximum atomic E-state index is 6.60. The van der Waals surface area contributed by atoms with Crippen molar-refractivity contribution in [1.29, 1.82) is 0 Å². The molecule has 0 atom stereocenters. The molecule has 3 aromatic heterocycles. The normalized spacial score (nSPS) is 11.9. The van der Waals surface area contributed by atoms with Gasteiger partial charge in [-0.2, -0.15) is 0 Å². The van der Waals surface area contributed by atoms with Crippen molar-refractivity contribution in [2.75, 3.05) is 4.90 Å². The van der Waals surface area contributed by atoms with Crippen LogP contribution in [0.25, 0.3) is 104 Å². The van der Waals surface area contributed by atoms with Crippen LogP contribution >= 0.6 is 0 Å². The average molecular weight is 793 g/mol. The minimum Gasteiger partial charge on any atom is -0.456 e.